The number of hydrogen-bond donors (Lipinski definition) is 5. The van der Waals surface area contributed by atoms with Gasteiger partial charge >= 0.3 is 115 Å². The summed E-state index contributed by atoms with van der Waals surface area (Å²) in [4.78, 5) is 38.9. The predicted molar refractivity (Wildman–Crippen MR) is 239 cm³/mol. The van der Waals surface area contributed by atoms with Crippen molar-refractivity contribution < 1.29 is 179 Å². The van der Waals surface area contributed by atoms with Crippen LogP contribution in [-0.2, 0) is 24.0 Å². The monoisotopic (exact) mass is 1080 g/mol. The molecule has 0 unspecified atom stereocenters. The van der Waals surface area contributed by atoms with E-state index in [9.17, 15) is 26.7 Å². The Morgan fingerprint density at radius 3 is 1.51 bits per heavy atom. The van der Waals surface area contributed by atoms with E-state index < -0.39 is 23.7 Å². The summed E-state index contributed by atoms with van der Waals surface area (Å²) in [5.74, 6) is -0.283. The van der Waals surface area contributed by atoms with Crippen LogP contribution in [0.4, 0.5) is 45.0 Å². The standard InChI is InChI=1S/C21H19ClF4N4O4.C19H20ClFN4O3.CH2O3.CH4O.2K.H/c1-32-17-9-13-16(28-11-29-19(13)30-12-2-3-15(23)14(22)8-12)10-18(17)34-7-6-33-5-4-27-20(31)21(24,25)26;1-26-17-9-13-16(10-18(17)28-7-6-27-5-4-22)23-11-24-19(13)25-12-2-3-15(21)14(20)8-12;2-1-4-3;1-2;;;/h2-3,8-11H,4-7H2,1H3,(H,27,31)(H,28,29,30);2-3,8-11H,4-7,22H2,1H3,(H,23,24,25);1,3H;2H,1H3;;;/q;;;;2*+1;-1/p-1. The molecule has 2 aromatic heterocycles. The summed E-state index contributed by atoms with van der Waals surface area (Å²) in [5.41, 5.74) is 7.69. The first-order chi connectivity index (χ1) is 32.7. The molecule has 1 amide bonds. The third-order valence-corrected chi connectivity index (χ3v) is 8.85. The molecule has 0 fully saturated rings. The first-order valence-corrected chi connectivity index (χ1v) is 20.2. The van der Waals surface area contributed by atoms with Gasteiger partial charge in [-0.05, 0) is 48.5 Å². The average molecular weight is 1080 g/mol. The van der Waals surface area contributed by atoms with Gasteiger partial charge in [0, 0.05) is 54.5 Å². The molecule has 28 heteroatoms. The van der Waals surface area contributed by atoms with E-state index >= 15 is 0 Å². The van der Waals surface area contributed by atoms with E-state index in [1.54, 1.807) is 42.8 Å². The van der Waals surface area contributed by atoms with Gasteiger partial charge in [-0.15, -0.1) is 0 Å². The van der Waals surface area contributed by atoms with Crippen molar-refractivity contribution in [3.63, 3.8) is 0 Å². The molecular formula is C42H45Cl2F5K2N8O11. The quantitative estimate of drug-likeness (QED) is 0.0168. The van der Waals surface area contributed by atoms with Gasteiger partial charge in [0.05, 0.1) is 61.7 Å². The van der Waals surface area contributed by atoms with Gasteiger partial charge in [-0.2, -0.15) is 13.2 Å². The topological polar surface area (TPSA) is 256 Å². The maximum Gasteiger partial charge on any atom is 1.00 e. The number of nitrogens with two attached hydrogens (primary N) is 1. The first kappa shape index (κ1) is 64.6. The van der Waals surface area contributed by atoms with Crippen molar-refractivity contribution in [2.75, 3.05) is 84.7 Å². The molecule has 19 nitrogen and oxygen atoms in total. The van der Waals surface area contributed by atoms with E-state index in [0.29, 0.717) is 94.2 Å². The van der Waals surface area contributed by atoms with E-state index in [-0.39, 0.29) is 147 Å². The molecule has 0 saturated carbocycles. The largest absolute Gasteiger partial charge is 1.00 e. The fraction of sp³-hybridized carbons (Fsp3) is 0.286. The number of benzene rings is 4. The van der Waals surface area contributed by atoms with E-state index in [1.807, 2.05) is 0 Å². The minimum absolute atomic E-state index is 0. The molecule has 6 N–H and O–H groups in total. The Morgan fingerprint density at radius 2 is 1.14 bits per heavy atom. The summed E-state index contributed by atoms with van der Waals surface area (Å²) in [7, 11) is 4.00. The van der Waals surface area contributed by atoms with Gasteiger partial charge in [0.15, 0.2) is 23.0 Å². The Kier molecular flexibility index (Phi) is 32.2. The number of aromatic nitrogens is 4. The molecule has 370 valence electrons. The zero-order valence-corrected chi connectivity index (χ0v) is 46.0. The van der Waals surface area contributed by atoms with Crippen molar-refractivity contribution >= 4 is 80.4 Å². The van der Waals surface area contributed by atoms with Crippen LogP contribution in [0.2, 0.25) is 10.0 Å². The third kappa shape index (κ3) is 21.4. The average Bonchev–Trinajstić information content (AvgIpc) is 3.33. The molecule has 0 aliphatic rings. The summed E-state index contributed by atoms with van der Waals surface area (Å²) in [6.07, 6.45) is -2.17. The Morgan fingerprint density at radius 1 is 0.714 bits per heavy atom. The second kappa shape index (κ2) is 34.9. The van der Waals surface area contributed by atoms with E-state index in [0.717, 1.165) is 7.11 Å². The minimum atomic E-state index is -4.93. The Balaban J connectivity index is 0.00000121. The summed E-state index contributed by atoms with van der Waals surface area (Å²) < 4.78 is 95.7. The molecule has 0 saturated heterocycles. The molecule has 2 heterocycles. The van der Waals surface area contributed by atoms with Gasteiger partial charge in [-0.25, -0.2) is 28.7 Å². The number of alkyl halides is 3. The fourth-order valence-electron chi connectivity index (χ4n) is 5.34. The van der Waals surface area contributed by atoms with Gasteiger partial charge in [0.25, 0.3) is 6.47 Å². The van der Waals surface area contributed by atoms with Crippen molar-refractivity contribution in [2.24, 2.45) is 5.73 Å². The van der Waals surface area contributed by atoms with Crippen LogP contribution in [0.3, 0.4) is 0 Å². The van der Waals surface area contributed by atoms with E-state index in [2.05, 4.69) is 35.5 Å². The molecule has 0 spiro atoms. The molecule has 6 rings (SSSR count). The number of nitrogens with one attached hydrogen (secondary N) is 3. The molecule has 0 aliphatic carbocycles. The molecule has 70 heavy (non-hydrogen) atoms. The van der Waals surface area contributed by atoms with Crippen molar-refractivity contribution in [3.8, 4) is 23.0 Å². The molecular weight excluding hydrogens is 1040 g/mol. The molecule has 6 aromatic rings. The zero-order valence-electron chi connectivity index (χ0n) is 39.2. The van der Waals surface area contributed by atoms with Crippen molar-refractivity contribution in [1.29, 1.82) is 0 Å². The van der Waals surface area contributed by atoms with Gasteiger partial charge in [0.1, 0.15) is 49.1 Å². The number of aliphatic hydroxyl groups excluding tert-OH is 1. The normalized spacial score (nSPS) is 10.2. The summed E-state index contributed by atoms with van der Waals surface area (Å²) in [6, 6.07) is 15.3. The van der Waals surface area contributed by atoms with Gasteiger partial charge in [-0.3, -0.25) is 9.59 Å². The number of ether oxygens (including phenoxy) is 6. The van der Waals surface area contributed by atoms with Gasteiger partial charge < -0.3 is 66.8 Å². The van der Waals surface area contributed by atoms with Crippen LogP contribution in [0.1, 0.15) is 1.43 Å². The van der Waals surface area contributed by atoms with Crippen molar-refractivity contribution in [1.82, 2.24) is 25.3 Å². The number of halogens is 7. The van der Waals surface area contributed by atoms with Gasteiger partial charge in [0.2, 0.25) is 0 Å². The number of amides is 1. The number of carbonyl (C=O) groups is 2. The molecule has 0 bridgehead atoms. The number of nitrogens with zero attached hydrogens (tertiary/aromatic N) is 4. The summed E-state index contributed by atoms with van der Waals surface area (Å²) >= 11 is 11.7. The maximum atomic E-state index is 13.4. The van der Waals surface area contributed by atoms with Crippen LogP contribution in [0, 0.1) is 11.6 Å². The van der Waals surface area contributed by atoms with Crippen LogP contribution in [0.15, 0.2) is 73.3 Å². The number of fused-ring (bicyclic) bond motifs is 2. The summed E-state index contributed by atoms with van der Waals surface area (Å²) in [6.45, 7) is 1.26. The van der Waals surface area contributed by atoms with Gasteiger partial charge in [-0.1, -0.05) is 23.2 Å². The van der Waals surface area contributed by atoms with Crippen LogP contribution >= 0.6 is 23.2 Å². The second-order valence-corrected chi connectivity index (χ2v) is 13.5. The SMILES string of the molecule is CO.COc1cc2c(Nc3ccc(F)c(Cl)c3)ncnc2cc1OCCOCCN.COc1cc2c(Nc3ccc(F)c(Cl)c3)ncnc2cc1OCCOCCNC(=O)C(F)(F)F.O=CO[O-].[H-].[K+].[K+]. The number of anilines is 4. The van der Waals surface area contributed by atoms with Crippen LogP contribution in [0.5, 0.6) is 23.0 Å². The maximum absolute atomic E-state index is 13.4. The molecule has 4 aromatic carbocycles. The van der Waals surface area contributed by atoms with E-state index in [4.69, 9.17) is 72.5 Å². The zero-order chi connectivity index (χ0) is 50.1. The Bertz CT molecular complexity index is 2560. The second-order valence-electron chi connectivity index (χ2n) is 12.6. The third-order valence-electron chi connectivity index (χ3n) is 8.27. The van der Waals surface area contributed by atoms with Crippen LogP contribution in [0.25, 0.3) is 21.8 Å². The van der Waals surface area contributed by atoms with Crippen molar-refractivity contribution in [3.05, 3.63) is 95.0 Å². The van der Waals surface area contributed by atoms with E-state index in [1.165, 1.54) is 50.1 Å². The molecule has 0 atom stereocenters. The predicted octanol–water partition coefficient (Wildman–Crippen LogP) is -0.0593. The van der Waals surface area contributed by atoms with Crippen LogP contribution in [-0.4, -0.2) is 118 Å². The number of hydrogen-bond acceptors (Lipinski definition) is 18. The number of aliphatic hydroxyl groups is 1. The van der Waals surface area contributed by atoms with Crippen LogP contribution < -0.4 is 149 Å². The number of carbonyl (C=O) groups excluding carboxylic acids is 2. The Labute approximate surface area is 493 Å². The number of methoxy groups -OCH3 is 2. The molecule has 0 radical (unpaired) electrons. The minimum Gasteiger partial charge on any atom is -1.00 e. The van der Waals surface area contributed by atoms with Crippen molar-refractivity contribution in [2.45, 2.75) is 6.18 Å². The number of rotatable bonds is 20. The summed E-state index contributed by atoms with van der Waals surface area (Å²) in [5, 5.41) is 24.6. The fourth-order valence-corrected chi connectivity index (χ4v) is 5.70. The Hall–Kier alpha value is -3.40. The first-order valence-electron chi connectivity index (χ1n) is 19.5. The smallest absolute Gasteiger partial charge is 1.00 e. The molecule has 0 aliphatic heterocycles.